The average Bonchev–Trinajstić information content (AvgIpc) is 3.27. The zero-order chi connectivity index (χ0) is 15.4. The highest BCUT2D eigenvalue weighted by molar-refractivity contribution is 5.88. The molecule has 0 unspecified atom stereocenters. The van der Waals surface area contributed by atoms with Gasteiger partial charge in [-0.3, -0.25) is 4.68 Å². The van der Waals surface area contributed by atoms with Crippen LogP contribution in [0.4, 0.5) is 0 Å². The minimum absolute atomic E-state index is 0.115. The van der Waals surface area contributed by atoms with E-state index in [-0.39, 0.29) is 5.54 Å². The van der Waals surface area contributed by atoms with Crippen molar-refractivity contribution in [3.8, 4) is 17.3 Å². The quantitative estimate of drug-likeness (QED) is 0.855. The van der Waals surface area contributed by atoms with Gasteiger partial charge in [-0.2, -0.15) is 10.4 Å². The molecule has 3 aliphatic carbocycles. The van der Waals surface area contributed by atoms with E-state index < -0.39 is 0 Å². The van der Waals surface area contributed by atoms with E-state index >= 15 is 0 Å². The summed E-state index contributed by atoms with van der Waals surface area (Å²) in [7, 11) is 0. The first kappa shape index (κ1) is 13.0. The molecule has 1 fully saturated rings. The Hall–Kier alpha value is -2.48. The SMILES string of the molecule is N#CCC1(n2cc3c(n2)CC2=CCc4ncnc-3c42)CCCC1. The highest BCUT2D eigenvalue weighted by atomic mass is 15.3. The van der Waals surface area contributed by atoms with E-state index in [2.05, 4.69) is 33.0 Å². The lowest BCUT2D eigenvalue weighted by molar-refractivity contribution is 0.268. The second-order valence-corrected chi connectivity index (χ2v) is 6.85. The molecule has 0 bridgehead atoms. The maximum Gasteiger partial charge on any atom is 0.116 e. The Morgan fingerprint density at radius 1 is 1.22 bits per heavy atom. The number of allylic oxidation sites excluding steroid dienone is 2. The molecule has 2 aromatic heterocycles. The summed E-state index contributed by atoms with van der Waals surface area (Å²) in [5.41, 5.74) is 6.81. The van der Waals surface area contributed by atoms with Crippen molar-refractivity contribution in [2.75, 3.05) is 0 Å². The Balaban J connectivity index is 1.68. The molecule has 2 aromatic rings. The van der Waals surface area contributed by atoms with Crippen LogP contribution in [0.25, 0.3) is 16.8 Å². The average molecular weight is 303 g/mol. The Labute approximate surface area is 134 Å². The van der Waals surface area contributed by atoms with Crippen molar-refractivity contribution in [1.82, 2.24) is 19.7 Å². The number of hydrogen-bond acceptors (Lipinski definition) is 4. The molecule has 0 saturated heterocycles. The van der Waals surface area contributed by atoms with Gasteiger partial charge in [-0.15, -0.1) is 0 Å². The Morgan fingerprint density at radius 2 is 2.09 bits per heavy atom. The molecule has 0 atom stereocenters. The van der Waals surface area contributed by atoms with Crippen molar-refractivity contribution in [3.63, 3.8) is 0 Å². The molecule has 0 radical (unpaired) electrons. The normalized spacial score (nSPS) is 19.9. The van der Waals surface area contributed by atoms with Gasteiger partial charge < -0.3 is 0 Å². The molecular formula is C18H17N5. The molecule has 5 heteroatoms. The van der Waals surface area contributed by atoms with Crippen LogP contribution in [0.1, 0.15) is 49.1 Å². The lowest BCUT2D eigenvalue weighted by Crippen LogP contribution is -2.30. The van der Waals surface area contributed by atoms with Gasteiger partial charge in [0.15, 0.2) is 0 Å². The molecule has 0 aromatic carbocycles. The summed E-state index contributed by atoms with van der Waals surface area (Å²) in [5, 5.41) is 14.2. The molecule has 114 valence electrons. The van der Waals surface area contributed by atoms with Crippen LogP contribution in [0, 0.1) is 11.3 Å². The van der Waals surface area contributed by atoms with Gasteiger partial charge in [0.2, 0.25) is 0 Å². The third-order valence-electron chi connectivity index (χ3n) is 5.62. The van der Waals surface area contributed by atoms with E-state index in [1.807, 2.05) is 0 Å². The monoisotopic (exact) mass is 303 g/mol. The number of aromatic nitrogens is 4. The van der Waals surface area contributed by atoms with E-state index in [1.165, 1.54) is 24.0 Å². The van der Waals surface area contributed by atoms with Crippen molar-refractivity contribution >= 4 is 5.57 Å². The highest BCUT2D eigenvalue weighted by Gasteiger charge is 2.38. The number of hydrogen-bond donors (Lipinski definition) is 0. The molecule has 5 nitrogen and oxygen atoms in total. The van der Waals surface area contributed by atoms with Crippen LogP contribution in [0.2, 0.25) is 0 Å². The first-order chi connectivity index (χ1) is 11.3. The largest absolute Gasteiger partial charge is 0.265 e. The number of nitriles is 1. The summed E-state index contributed by atoms with van der Waals surface area (Å²) in [4.78, 5) is 8.97. The Kier molecular flexibility index (Phi) is 2.55. The molecule has 0 N–H and O–H groups in total. The summed E-state index contributed by atoms with van der Waals surface area (Å²) in [6.07, 6.45) is 12.8. The standard InChI is InChI=1S/C18H17N5/c19-8-7-18(5-1-2-6-18)23-10-13-15(22-23)9-12-3-4-14-16(12)17(13)21-11-20-14/h3,10-11H,1-2,4-7,9H2. The first-order valence-electron chi connectivity index (χ1n) is 8.30. The van der Waals surface area contributed by atoms with Crippen molar-refractivity contribution in [3.05, 3.63) is 35.6 Å². The van der Waals surface area contributed by atoms with Gasteiger partial charge in [-0.1, -0.05) is 18.9 Å². The second-order valence-electron chi connectivity index (χ2n) is 6.85. The highest BCUT2D eigenvalue weighted by Crippen LogP contribution is 2.44. The maximum atomic E-state index is 9.28. The van der Waals surface area contributed by atoms with Crippen LogP contribution in [-0.4, -0.2) is 19.7 Å². The summed E-state index contributed by atoms with van der Waals surface area (Å²) in [6.45, 7) is 0. The fourth-order valence-corrected chi connectivity index (χ4v) is 4.43. The summed E-state index contributed by atoms with van der Waals surface area (Å²) in [6, 6.07) is 2.38. The van der Waals surface area contributed by atoms with Crippen LogP contribution < -0.4 is 0 Å². The third kappa shape index (κ3) is 1.69. The fraction of sp³-hybridized carbons (Fsp3) is 0.444. The third-order valence-corrected chi connectivity index (χ3v) is 5.62. The van der Waals surface area contributed by atoms with Crippen molar-refractivity contribution in [2.24, 2.45) is 0 Å². The molecule has 23 heavy (non-hydrogen) atoms. The van der Waals surface area contributed by atoms with Crippen LogP contribution in [0.3, 0.4) is 0 Å². The molecular weight excluding hydrogens is 286 g/mol. The minimum Gasteiger partial charge on any atom is -0.265 e. The van der Waals surface area contributed by atoms with Gasteiger partial charge in [-0.25, -0.2) is 9.97 Å². The van der Waals surface area contributed by atoms with E-state index in [4.69, 9.17) is 5.10 Å². The molecule has 3 aliphatic rings. The Bertz CT molecular complexity index is 877. The van der Waals surface area contributed by atoms with E-state index in [0.29, 0.717) is 6.42 Å². The number of rotatable bonds is 2. The van der Waals surface area contributed by atoms with Crippen molar-refractivity contribution in [1.29, 1.82) is 5.26 Å². The zero-order valence-corrected chi connectivity index (χ0v) is 12.9. The van der Waals surface area contributed by atoms with E-state index in [0.717, 1.165) is 48.3 Å². The molecule has 5 rings (SSSR count). The molecule has 2 heterocycles. The van der Waals surface area contributed by atoms with Gasteiger partial charge in [0.1, 0.15) is 6.33 Å². The zero-order valence-electron chi connectivity index (χ0n) is 12.9. The second kappa shape index (κ2) is 4.51. The molecule has 0 amide bonds. The van der Waals surface area contributed by atoms with Gasteiger partial charge in [0, 0.05) is 30.2 Å². The predicted molar refractivity (Wildman–Crippen MR) is 85.3 cm³/mol. The van der Waals surface area contributed by atoms with Crippen molar-refractivity contribution < 1.29 is 0 Å². The topological polar surface area (TPSA) is 67.4 Å². The smallest absolute Gasteiger partial charge is 0.116 e. The number of fused-ring (bicyclic) bond motifs is 2. The van der Waals surface area contributed by atoms with E-state index in [1.54, 1.807) is 6.33 Å². The first-order valence-corrected chi connectivity index (χ1v) is 8.30. The molecule has 0 aliphatic heterocycles. The number of nitrogens with zero attached hydrogens (tertiary/aromatic N) is 5. The predicted octanol–water partition coefficient (Wildman–Crippen LogP) is 3.02. The van der Waals surface area contributed by atoms with Gasteiger partial charge in [0.05, 0.1) is 35.1 Å². The lowest BCUT2D eigenvalue weighted by atomic mass is 9.91. The van der Waals surface area contributed by atoms with Crippen LogP contribution in [0.15, 0.2) is 18.6 Å². The van der Waals surface area contributed by atoms with E-state index in [9.17, 15) is 5.26 Å². The molecule has 1 saturated carbocycles. The summed E-state index contributed by atoms with van der Waals surface area (Å²) >= 11 is 0. The molecule has 0 spiro atoms. The van der Waals surface area contributed by atoms with Crippen LogP contribution >= 0.6 is 0 Å². The van der Waals surface area contributed by atoms with Gasteiger partial charge in [0.25, 0.3) is 0 Å². The minimum atomic E-state index is -0.115. The van der Waals surface area contributed by atoms with Crippen molar-refractivity contribution in [2.45, 2.75) is 50.5 Å². The van der Waals surface area contributed by atoms with Gasteiger partial charge in [-0.05, 0) is 18.4 Å². The van der Waals surface area contributed by atoms with Gasteiger partial charge >= 0.3 is 0 Å². The Morgan fingerprint density at radius 3 is 2.91 bits per heavy atom. The maximum absolute atomic E-state index is 9.28. The summed E-state index contributed by atoms with van der Waals surface area (Å²) < 4.78 is 2.09. The lowest BCUT2D eigenvalue weighted by Gasteiger charge is -2.26. The van der Waals surface area contributed by atoms with Crippen LogP contribution in [-0.2, 0) is 18.4 Å². The summed E-state index contributed by atoms with van der Waals surface area (Å²) in [5.74, 6) is 0. The van der Waals surface area contributed by atoms with Crippen LogP contribution in [0.5, 0.6) is 0 Å². The fourth-order valence-electron chi connectivity index (χ4n) is 4.43.